The van der Waals surface area contributed by atoms with Crippen LogP contribution in [0.1, 0.15) is 11.1 Å². The van der Waals surface area contributed by atoms with Crippen LogP contribution in [-0.4, -0.2) is 18.4 Å². The van der Waals surface area contributed by atoms with E-state index >= 15 is 0 Å². The molecule has 0 amide bonds. The molecule has 0 bridgehead atoms. The molecule has 3 rings (SSSR count). The number of aromatic amines is 2. The number of nitrogens with one attached hydrogen (secondary N) is 3. The Morgan fingerprint density at radius 2 is 1.42 bits per heavy atom. The Kier molecular flexibility index (Phi) is 3.76. The van der Waals surface area contributed by atoms with Crippen LogP contribution in [-0.2, 0) is 10.0 Å². The van der Waals surface area contributed by atoms with Gasteiger partial charge in [-0.25, -0.2) is 8.42 Å². The Labute approximate surface area is 137 Å². The quantitative estimate of drug-likeness (QED) is 0.626. The zero-order valence-corrected chi connectivity index (χ0v) is 13.8. The fourth-order valence-electron chi connectivity index (χ4n) is 2.51. The standard InChI is InChI=1S/C16H15N3O4S/c1-9-5-10(2)7-11(6-9)19-24(22,23)12-3-4-13-14(8-12)18-16(21)15(20)17-13/h3-8,19H,1-2H3,(H,17,20)(H,18,21). The fraction of sp³-hybridized carbons (Fsp3) is 0.125. The van der Waals surface area contributed by atoms with Crippen molar-refractivity contribution >= 4 is 26.7 Å². The first-order valence-electron chi connectivity index (χ1n) is 7.12. The molecule has 3 N–H and O–H groups in total. The molecule has 8 heteroatoms. The van der Waals surface area contributed by atoms with Gasteiger partial charge in [-0.1, -0.05) is 6.07 Å². The maximum absolute atomic E-state index is 12.5. The van der Waals surface area contributed by atoms with Gasteiger partial charge in [0.15, 0.2) is 0 Å². The molecule has 0 fully saturated rings. The van der Waals surface area contributed by atoms with Gasteiger partial charge in [0.1, 0.15) is 0 Å². The van der Waals surface area contributed by atoms with Crippen LogP contribution in [0, 0.1) is 13.8 Å². The van der Waals surface area contributed by atoms with E-state index in [9.17, 15) is 18.0 Å². The largest absolute Gasteiger partial charge is 0.316 e. The maximum Gasteiger partial charge on any atom is 0.314 e. The average molecular weight is 345 g/mol. The van der Waals surface area contributed by atoms with E-state index in [1.807, 2.05) is 19.9 Å². The Morgan fingerprint density at radius 3 is 2.04 bits per heavy atom. The molecule has 1 heterocycles. The summed E-state index contributed by atoms with van der Waals surface area (Å²) >= 11 is 0. The molecule has 0 atom stereocenters. The second kappa shape index (κ2) is 5.64. The van der Waals surface area contributed by atoms with Crippen molar-refractivity contribution in [2.45, 2.75) is 18.7 Å². The third kappa shape index (κ3) is 3.09. The molecule has 0 unspecified atom stereocenters. The summed E-state index contributed by atoms with van der Waals surface area (Å²) in [6.07, 6.45) is 0. The van der Waals surface area contributed by atoms with Gasteiger partial charge < -0.3 is 9.97 Å². The zero-order valence-electron chi connectivity index (χ0n) is 13.0. The number of sulfonamides is 1. The third-order valence-corrected chi connectivity index (χ3v) is 4.86. The van der Waals surface area contributed by atoms with Gasteiger partial charge in [0.2, 0.25) is 0 Å². The lowest BCUT2D eigenvalue weighted by atomic mass is 10.1. The molecule has 0 aliphatic carbocycles. The predicted molar refractivity (Wildman–Crippen MR) is 91.9 cm³/mol. The highest BCUT2D eigenvalue weighted by Crippen LogP contribution is 2.20. The van der Waals surface area contributed by atoms with Crippen molar-refractivity contribution in [3.63, 3.8) is 0 Å². The molecule has 7 nitrogen and oxygen atoms in total. The van der Waals surface area contributed by atoms with Gasteiger partial charge in [-0.2, -0.15) is 0 Å². The van der Waals surface area contributed by atoms with Crippen molar-refractivity contribution in [3.8, 4) is 0 Å². The van der Waals surface area contributed by atoms with E-state index < -0.39 is 21.1 Å². The van der Waals surface area contributed by atoms with Crippen LogP contribution in [0.3, 0.4) is 0 Å². The third-order valence-electron chi connectivity index (χ3n) is 3.48. The average Bonchev–Trinajstić information content (AvgIpc) is 2.46. The van der Waals surface area contributed by atoms with E-state index in [0.717, 1.165) is 11.1 Å². The van der Waals surface area contributed by atoms with Crippen LogP contribution in [0.4, 0.5) is 5.69 Å². The van der Waals surface area contributed by atoms with Crippen molar-refractivity contribution in [1.29, 1.82) is 0 Å². The minimum Gasteiger partial charge on any atom is -0.316 e. The highest BCUT2D eigenvalue weighted by atomic mass is 32.2. The number of hydrogen-bond donors (Lipinski definition) is 3. The molecule has 0 aliphatic heterocycles. The lowest BCUT2D eigenvalue weighted by molar-refractivity contribution is 0.601. The predicted octanol–water partition coefficient (Wildman–Crippen LogP) is 1.63. The van der Waals surface area contributed by atoms with Gasteiger partial charge >= 0.3 is 11.1 Å². The van der Waals surface area contributed by atoms with Crippen LogP contribution in [0.2, 0.25) is 0 Å². The van der Waals surface area contributed by atoms with Crippen LogP contribution in [0.15, 0.2) is 50.9 Å². The minimum absolute atomic E-state index is 0.0168. The number of rotatable bonds is 3. The number of aromatic nitrogens is 2. The normalized spacial score (nSPS) is 11.6. The first kappa shape index (κ1) is 16.0. The monoisotopic (exact) mass is 345 g/mol. The summed E-state index contributed by atoms with van der Waals surface area (Å²) in [5, 5.41) is 0. The van der Waals surface area contributed by atoms with E-state index in [2.05, 4.69) is 14.7 Å². The van der Waals surface area contributed by atoms with E-state index in [1.165, 1.54) is 18.2 Å². The molecule has 0 saturated heterocycles. The highest BCUT2D eigenvalue weighted by Gasteiger charge is 2.15. The topological polar surface area (TPSA) is 112 Å². The number of anilines is 1. The summed E-state index contributed by atoms with van der Waals surface area (Å²) in [5.74, 6) is 0. The summed E-state index contributed by atoms with van der Waals surface area (Å²) in [6.45, 7) is 3.75. The SMILES string of the molecule is Cc1cc(C)cc(NS(=O)(=O)c2ccc3[nH]c(=O)c(=O)[nH]c3c2)c1. The van der Waals surface area contributed by atoms with Crippen LogP contribution in [0.25, 0.3) is 11.0 Å². The van der Waals surface area contributed by atoms with Gasteiger partial charge in [0.25, 0.3) is 10.0 Å². The second-order valence-electron chi connectivity index (χ2n) is 5.60. The summed E-state index contributed by atoms with van der Waals surface area (Å²) in [4.78, 5) is 27.4. The molecule has 2 aromatic carbocycles. The Bertz CT molecular complexity index is 1140. The van der Waals surface area contributed by atoms with Crippen LogP contribution >= 0.6 is 0 Å². The van der Waals surface area contributed by atoms with Crippen molar-refractivity contribution in [2.75, 3.05) is 4.72 Å². The molecule has 3 aromatic rings. The molecule has 0 aliphatic rings. The molecule has 124 valence electrons. The summed E-state index contributed by atoms with van der Waals surface area (Å²) in [6, 6.07) is 9.49. The first-order valence-corrected chi connectivity index (χ1v) is 8.60. The van der Waals surface area contributed by atoms with Gasteiger partial charge in [-0.05, 0) is 55.3 Å². The maximum atomic E-state index is 12.5. The molecule has 0 radical (unpaired) electrons. The van der Waals surface area contributed by atoms with Crippen molar-refractivity contribution in [2.24, 2.45) is 0 Å². The Morgan fingerprint density at radius 1 is 0.833 bits per heavy atom. The van der Waals surface area contributed by atoms with Gasteiger partial charge in [0.05, 0.1) is 15.9 Å². The summed E-state index contributed by atoms with van der Waals surface area (Å²) in [7, 11) is -3.83. The number of H-pyrrole nitrogens is 2. The van der Waals surface area contributed by atoms with Gasteiger partial charge in [-0.3, -0.25) is 14.3 Å². The number of benzene rings is 2. The lowest BCUT2D eigenvalue weighted by Gasteiger charge is -2.10. The van der Waals surface area contributed by atoms with Crippen molar-refractivity contribution < 1.29 is 8.42 Å². The molecule has 0 saturated carbocycles. The molecular formula is C16H15N3O4S. The molecule has 24 heavy (non-hydrogen) atoms. The fourth-order valence-corrected chi connectivity index (χ4v) is 3.57. The van der Waals surface area contributed by atoms with Gasteiger partial charge in [-0.15, -0.1) is 0 Å². The van der Waals surface area contributed by atoms with E-state index in [-0.39, 0.29) is 10.4 Å². The lowest BCUT2D eigenvalue weighted by Crippen LogP contribution is -2.29. The van der Waals surface area contributed by atoms with Gasteiger partial charge in [0, 0.05) is 5.69 Å². The van der Waals surface area contributed by atoms with Crippen LogP contribution < -0.4 is 15.8 Å². The number of fused-ring (bicyclic) bond motifs is 1. The highest BCUT2D eigenvalue weighted by molar-refractivity contribution is 7.92. The smallest absolute Gasteiger partial charge is 0.314 e. The van der Waals surface area contributed by atoms with Crippen molar-refractivity contribution in [1.82, 2.24) is 9.97 Å². The molecule has 0 spiro atoms. The molecular weight excluding hydrogens is 330 g/mol. The zero-order chi connectivity index (χ0) is 17.5. The van der Waals surface area contributed by atoms with Crippen LogP contribution in [0.5, 0.6) is 0 Å². The van der Waals surface area contributed by atoms with E-state index in [0.29, 0.717) is 11.2 Å². The van der Waals surface area contributed by atoms with E-state index in [4.69, 9.17) is 0 Å². The van der Waals surface area contributed by atoms with Crippen molar-refractivity contribution in [3.05, 3.63) is 68.2 Å². The number of hydrogen-bond acceptors (Lipinski definition) is 4. The Hall–Kier alpha value is -2.87. The first-order chi connectivity index (χ1) is 11.2. The second-order valence-corrected chi connectivity index (χ2v) is 7.28. The van der Waals surface area contributed by atoms with E-state index in [1.54, 1.807) is 12.1 Å². The summed E-state index contributed by atoms with van der Waals surface area (Å²) < 4.78 is 27.6. The minimum atomic E-state index is -3.83. The summed E-state index contributed by atoms with van der Waals surface area (Å²) in [5.41, 5.74) is 1.31. The molecule has 1 aromatic heterocycles. The number of aryl methyl sites for hydroxylation is 2. The Balaban J connectivity index is 2.06.